The molecule has 128 valence electrons. The quantitative estimate of drug-likeness (QED) is 0.618. The maximum atomic E-state index is 12.7. The molecule has 0 atom stereocenters. The molecule has 6 heteroatoms. The first-order chi connectivity index (χ1) is 11.9. The first kappa shape index (κ1) is 18.5. The van der Waals surface area contributed by atoms with Gasteiger partial charge in [0.25, 0.3) is 0 Å². The van der Waals surface area contributed by atoms with Crippen LogP contribution in [0.25, 0.3) is 12.2 Å². The Kier molecular flexibility index (Phi) is 5.88. The van der Waals surface area contributed by atoms with Crippen molar-refractivity contribution >= 4 is 64.3 Å². The Bertz CT molecular complexity index is 831. The first-order valence-corrected chi connectivity index (χ1v) is 9.02. The second-order valence-electron chi connectivity index (χ2n) is 5.62. The second-order valence-corrected chi connectivity index (χ2v) is 7.25. The second kappa shape index (κ2) is 7.94. The van der Waals surface area contributed by atoms with Crippen molar-refractivity contribution in [2.24, 2.45) is 0 Å². The van der Waals surface area contributed by atoms with E-state index in [4.69, 9.17) is 46.4 Å². The summed E-state index contributed by atoms with van der Waals surface area (Å²) < 4.78 is 0. The molecule has 1 aliphatic heterocycles. The van der Waals surface area contributed by atoms with E-state index in [0.29, 0.717) is 44.3 Å². The number of hydrogen-bond donors (Lipinski definition) is 1. The highest BCUT2D eigenvalue weighted by Gasteiger charge is 2.20. The maximum absolute atomic E-state index is 12.7. The van der Waals surface area contributed by atoms with E-state index in [1.165, 1.54) is 0 Å². The van der Waals surface area contributed by atoms with Crippen molar-refractivity contribution < 1.29 is 4.79 Å². The molecule has 0 aliphatic carbocycles. The molecule has 0 unspecified atom stereocenters. The summed E-state index contributed by atoms with van der Waals surface area (Å²) in [6, 6.07) is 10.5. The fourth-order valence-electron chi connectivity index (χ4n) is 2.54. The Balaban J connectivity index is 1.89. The minimum atomic E-state index is -0.00380. The van der Waals surface area contributed by atoms with Crippen molar-refractivity contribution in [3.63, 3.8) is 0 Å². The fourth-order valence-corrected chi connectivity index (χ4v) is 3.15. The van der Waals surface area contributed by atoms with Crippen LogP contribution < -0.4 is 5.32 Å². The van der Waals surface area contributed by atoms with Gasteiger partial charge in [0.1, 0.15) is 0 Å². The van der Waals surface area contributed by atoms with Gasteiger partial charge in [-0.1, -0.05) is 58.5 Å². The summed E-state index contributed by atoms with van der Waals surface area (Å²) in [5.41, 5.74) is 2.98. The Morgan fingerprint density at radius 2 is 1.16 bits per heavy atom. The van der Waals surface area contributed by atoms with Crippen molar-refractivity contribution in [2.45, 2.75) is 0 Å². The minimum Gasteiger partial charge on any atom is -0.308 e. The minimum absolute atomic E-state index is 0.00380. The molecule has 2 nitrogen and oxygen atoms in total. The van der Waals surface area contributed by atoms with Crippen LogP contribution in [0, 0.1) is 0 Å². The van der Waals surface area contributed by atoms with Gasteiger partial charge < -0.3 is 5.32 Å². The van der Waals surface area contributed by atoms with Crippen LogP contribution in [0.4, 0.5) is 0 Å². The number of benzene rings is 2. The molecular formula is C19H13Cl4NO. The molecule has 0 aromatic heterocycles. The summed E-state index contributed by atoms with van der Waals surface area (Å²) in [7, 11) is 0. The van der Waals surface area contributed by atoms with Crippen LogP contribution >= 0.6 is 46.4 Å². The lowest BCUT2D eigenvalue weighted by molar-refractivity contribution is -0.112. The van der Waals surface area contributed by atoms with Crippen LogP contribution in [0.1, 0.15) is 11.1 Å². The molecule has 1 fully saturated rings. The lowest BCUT2D eigenvalue weighted by atomic mass is 9.95. The Morgan fingerprint density at radius 1 is 0.720 bits per heavy atom. The average Bonchev–Trinajstić information content (AvgIpc) is 2.58. The molecule has 1 saturated heterocycles. The third-order valence-corrected chi connectivity index (χ3v) is 5.26. The molecule has 0 saturated carbocycles. The molecule has 0 spiro atoms. The van der Waals surface area contributed by atoms with Crippen molar-refractivity contribution in [2.75, 3.05) is 13.1 Å². The summed E-state index contributed by atoms with van der Waals surface area (Å²) in [6.07, 6.45) is 3.64. The number of carbonyl (C=O) groups is 1. The number of ketones is 1. The van der Waals surface area contributed by atoms with Crippen LogP contribution in [-0.2, 0) is 4.79 Å². The van der Waals surface area contributed by atoms with Gasteiger partial charge in [0.05, 0.1) is 20.1 Å². The van der Waals surface area contributed by atoms with Crippen LogP contribution in [-0.4, -0.2) is 18.9 Å². The zero-order chi connectivity index (χ0) is 18.0. The number of hydrogen-bond acceptors (Lipinski definition) is 2. The number of halogens is 4. The number of piperidine rings is 1. The molecule has 1 aliphatic rings. The van der Waals surface area contributed by atoms with E-state index < -0.39 is 0 Å². The highest BCUT2D eigenvalue weighted by molar-refractivity contribution is 6.42. The predicted octanol–water partition coefficient (Wildman–Crippen LogP) is 5.94. The highest BCUT2D eigenvalue weighted by atomic mass is 35.5. The SMILES string of the molecule is O=C1C(=Cc2ccc(Cl)c(Cl)c2)CNC/C1=C\c1ccc(Cl)c(Cl)c1. The number of rotatable bonds is 2. The Labute approximate surface area is 166 Å². The number of carbonyl (C=O) groups excluding carboxylic acids is 1. The summed E-state index contributed by atoms with van der Waals surface area (Å²) in [5.74, 6) is -0.00380. The van der Waals surface area contributed by atoms with E-state index in [2.05, 4.69) is 5.32 Å². The lowest BCUT2D eigenvalue weighted by Crippen LogP contribution is -2.32. The Hall–Kier alpha value is -1.29. The van der Waals surface area contributed by atoms with E-state index in [9.17, 15) is 4.79 Å². The van der Waals surface area contributed by atoms with Gasteiger partial charge in [-0.15, -0.1) is 0 Å². The number of nitrogens with one attached hydrogen (secondary N) is 1. The van der Waals surface area contributed by atoms with Gasteiger partial charge in [-0.05, 0) is 47.5 Å². The van der Waals surface area contributed by atoms with Gasteiger partial charge >= 0.3 is 0 Å². The highest BCUT2D eigenvalue weighted by Crippen LogP contribution is 2.26. The molecule has 0 radical (unpaired) electrons. The third kappa shape index (κ3) is 4.46. The van der Waals surface area contributed by atoms with Gasteiger partial charge in [0.2, 0.25) is 0 Å². The van der Waals surface area contributed by atoms with Crippen LogP contribution in [0.15, 0.2) is 47.5 Å². The van der Waals surface area contributed by atoms with Crippen molar-refractivity contribution in [3.05, 3.63) is 78.8 Å². The molecule has 2 aromatic carbocycles. The molecule has 0 bridgehead atoms. The number of Topliss-reactive ketones (excluding diaryl/α,β-unsaturated/α-hetero) is 1. The molecule has 3 rings (SSSR count). The van der Waals surface area contributed by atoms with E-state index in [0.717, 1.165) is 11.1 Å². The van der Waals surface area contributed by atoms with Crippen molar-refractivity contribution in [3.8, 4) is 0 Å². The topological polar surface area (TPSA) is 29.1 Å². The lowest BCUT2D eigenvalue weighted by Gasteiger charge is -2.18. The monoisotopic (exact) mass is 411 g/mol. The molecular weight excluding hydrogens is 400 g/mol. The normalized spacial score (nSPS) is 18.2. The van der Waals surface area contributed by atoms with Crippen LogP contribution in [0.2, 0.25) is 20.1 Å². The summed E-state index contributed by atoms with van der Waals surface area (Å²) in [6.45, 7) is 0.996. The van der Waals surface area contributed by atoms with E-state index >= 15 is 0 Å². The largest absolute Gasteiger partial charge is 0.308 e. The first-order valence-electron chi connectivity index (χ1n) is 7.51. The summed E-state index contributed by atoms with van der Waals surface area (Å²) in [4.78, 5) is 12.7. The zero-order valence-corrected chi connectivity index (χ0v) is 16.0. The van der Waals surface area contributed by atoms with Gasteiger partial charge in [-0.2, -0.15) is 0 Å². The van der Waals surface area contributed by atoms with Gasteiger partial charge in [0.15, 0.2) is 5.78 Å². The molecule has 0 amide bonds. The zero-order valence-electron chi connectivity index (χ0n) is 13.0. The van der Waals surface area contributed by atoms with E-state index in [-0.39, 0.29) is 5.78 Å². The van der Waals surface area contributed by atoms with Gasteiger partial charge in [0, 0.05) is 24.2 Å². The third-order valence-electron chi connectivity index (χ3n) is 3.78. The van der Waals surface area contributed by atoms with Crippen LogP contribution in [0.3, 0.4) is 0 Å². The summed E-state index contributed by atoms with van der Waals surface area (Å²) in [5, 5.41) is 5.11. The van der Waals surface area contributed by atoms with Gasteiger partial charge in [-0.3, -0.25) is 4.79 Å². The standard InChI is InChI=1S/C19H13Cl4NO/c20-15-3-1-11(7-17(15)22)5-13-9-24-10-14(19(13)25)6-12-2-4-16(21)18(23)8-12/h1-8,24H,9-10H2/b13-5+,14-6?. The van der Waals surface area contributed by atoms with E-state index in [1.54, 1.807) is 24.3 Å². The van der Waals surface area contributed by atoms with Crippen molar-refractivity contribution in [1.29, 1.82) is 0 Å². The molecule has 1 N–H and O–H groups in total. The maximum Gasteiger partial charge on any atom is 0.187 e. The predicted molar refractivity (Wildman–Crippen MR) is 107 cm³/mol. The average molecular weight is 413 g/mol. The molecule has 1 heterocycles. The molecule has 25 heavy (non-hydrogen) atoms. The Morgan fingerprint density at radius 3 is 1.56 bits per heavy atom. The van der Waals surface area contributed by atoms with Gasteiger partial charge in [-0.25, -0.2) is 0 Å². The van der Waals surface area contributed by atoms with Crippen LogP contribution in [0.5, 0.6) is 0 Å². The van der Waals surface area contributed by atoms with Crippen molar-refractivity contribution in [1.82, 2.24) is 5.32 Å². The molecule has 2 aromatic rings. The van der Waals surface area contributed by atoms with E-state index in [1.807, 2.05) is 24.3 Å². The smallest absolute Gasteiger partial charge is 0.187 e. The summed E-state index contributed by atoms with van der Waals surface area (Å²) >= 11 is 23.9. The fraction of sp³-hybridized carbons (Fsp3) is 0.105.